The molecule has 356 valence electrons. The molecule has 0 saturated carbocycles. The molecule has 1 fully saturated rings. The Hall–Kier alpha value is -5.37. The molecular weight excluding hydrogens is 914 g/mol. The second-order valence-electron chi connectivity index (χ2n) is 18.0. The lowest BCUT2D eigenvalue weighted by molar-refractivity contribution is -0.144. The number of amides is 4. The number of ether oxygens (including phenoxy) is 2. The van der Waals surface area contributed by atoms with Gasteiger partial charge in [0, 0.05) is 59.9 Å². The van der Waals surface area contributed by atoms with Gasteiger partial charge < -0.3 is 35.4 Å². The van der Waals surface area contributed by atoms with Crippen LogP contribution in [-0.2, 0) is 28.7 Å². The van der Waals surface area contributed by atoms with Crippen molar-refractivity contribution in [2.75, 3.05) is 39.5 Å². The van der Waals surface area contributed by atoms with Crippen molar-refractivity contribution in [1.82, 2.24) is 40.6 Å². The van der Waals surface area contributed by atoms with Gasteiger partial charge in [-0.3, -0.25) is 33.7 Å². The second kappa shape index (κ2) is 21.7. The minimum absolute atomic E-state index is 0.0296. The predicted molar refractivity (Wildman–Crippen MR) is 259 cm³/mol. The SMILES string of the molecule is Cc1sc2c(c1C)C(c1ccc(Cl)cc1)=N[C@@H](CC(=O)NCCOCCCOCC(=O)N[C@H](C(=O)N1C[C@H](O)C[C@H]1C(=O)N[C@@H](C)c1ccc(-c3cncs3)cc1)C(C)(C)C)c1nnc(C)n1-2. The van der Waals surface area contributed by atoms with E-state index in [1.54, 1.807) is 34.4 Å². The minimum atomic E-state index is -0.982. The zero-order valence-corrected chi connectivity index (χ0v) is 41.2. The standard InChI is InChI=1S/C48H58ClN9O7S2/c1-27-29(3)67-47-41(27)42(33-13-15-34(49)16-14-33)53-36(44-56-55-30(4)58(44)47)22-39(60)51-17-20-64-18-8-19-65-25-40(61)54-43(48(5,6)7)46(63)57-24-35(59)21-37(57)45(62)52-28(2)31-9-11-32(12-10-31)38-23-50-26-66-38/h9-16,23,26,28,35-37,43,59H,8,17-22,24-25H2,1-7H3,(H,51,60)(H,52,62)(H,54,61)/t28-,35+,36-,37-,43+/m0/s1. The van der Waals surface area contributed by atoms with Crippen molar-refractivity contribution in [2.45, 2.75) is 98.0 Å². The van der Waals surface area contributed by atoms with E-state index in [1.165, 1.54) is 4.90 Å². The van der Waals surface area contributed by atoms with Crippen molar-refractivity contribution in [2.24, 2.45) is 10.4 Å². The van der Waals surface area contributed by atoms with Crippen LogP contribution in [0, 0.1) is 26.2 Å². The molecule has 2 aromatic carbocycles. The van der Waals surface area contributed by atoms with Gasteiger partial charge in [0.15, 0.2) is 5.82 Å². The fraction of sp³-hybridized carbons (Fsp3) is 0.458. The third-order valence-electron chi connectivity index (χ3n) is 11.9. The number of aryl methyl sites for hydroxylation is 2. The Morgan fingerprint density at radius 3 is 2.36 bits per heavy atom. The Bertz CT molecular complexity index is 2570. The molecule has 4 N–H and O–H groups in total. The van der Waals surface area contributed by atoms with E-state index in [9.17, 15) is 24.3 Å². The summed E-state index contributed by atoms with van der Waals surface area (Å²) in [5.41, 5.74) is 6.74. The number of halogens is 1. The quantitative estimate of drug-likeness (QED) is 0.0731. The first-order valence-electron chi connectivity index (χ1n) is 22.4. The number of hydrogen-bond acceptors (Lipinski definition) is 13. The zero-order chi connectivity index (χ0) is 48.0. The number of carbonyl (C=O) groups is 4. The van der Waals surface area contributed by atoms with Crippen LogP contribution < -0.4 is 16.0 Å². The summed E-state index contributed by atoms with van der Waals surface area (Å²) in [5, 5.41) is 29.8. The van der Waals surface area contributed by atoms with Gasteiger partial charge in [0.2, 0.25) is 23.6 Å². The monoisotopic (exact) mass is 971 g/mol. The van der Waals surface area contributed by atoms with E-state index >= 15 is 0 Å². The van der Waals surface area contributed by atoms with E-state index in [2.05, 4.69) is 45.0 Å². The summed E-state index contributed by atoms with van der Waals surface area (Å²) in [6, 6.07) is 12.5. The molecular formula is C48H58ClN9O7S2. The summed E-state index contributed by atoms with van der Waals surface area (Å²) in [6.45, 7) is 14.2. The summed E-state index contributed by atoms with van der Waals surface area (Å²) < 4.78 is 13.4. The van der Waals surface area contributed by atoms with Crippen molar-refractivity contribution in [3.8, 4) is 15.4 Å². The van der Waals surface area contributed by atoms with Gasteiger partial charge in [0.05, 0.1) is 41.3 Å². The summed E-state index contributed by atoms with van der Waals surface area (Å²) in [5.74, 6) is -0.218. The first-order chi connectivity index (χ1) is 32.0. The number of aliphatic hydroxyl groups is 1. The number of aromatic nitrogens is 4. The summed E-state index contributed by atoms with van der Waals surface area (Å²) in [6.07, 6.45) is 1.54. The number of likely N-dealkylation sites (tertiary alicyclic amines) is 1. The summed E-state index contributed by atoms with van der Waals surface area (Å²) in [4.78, 5) is 66.9. The van der Waals surface area contributed by atoms with Crippen LogP contribution in [0.25, 0.3) is 15.4 Å². The molecule has 16 nitrogen and oxygen atoms in total. The maximum atomic E-state index is 14.0. The third-order valence-corrected chi connectivity index (χ3v) is 14.2. The molecule has 7 rings (SSSR count). The highest BCUT2D eigenvalue weighted by atomic mass is 35.5. The highest BCUT2D eigenvalue weighted by Crippen LogP contribution is 2.40. The first-order valence-corrected chi connectivity index (χ1v) is 24.4. The van der Waals surface area contributed by atoms with Crippen LogP contribution in [0.2, 0.25) is 5.02 Å². The molecule has 0 bridgehead atoms. The average Bonchev–Trinajstić information content (AvgIpc) is 4.09. The number of aliphatic hydroxyl groups excluding tert-OH is 1. The summed E-state index contributed by atoms with van der Waals surface area (Å²) in [7, 11) is 0. The lowest BCUT2D eigenvalue weighted by Gasteiger charge is -2.35. The number of β-amino-alcohol motifs (C(OH)–C–C–N with tert-alkyl or cyclic N) is 1. The number of fused-ring (bicyclic) bond motifs is 3. The molecule has 1 saturated heterocycles. The molecule has 2 aliphatic rings. The first kappa shape index (κ1) is 49.5. The second-order valence-corrected chi connectivity index (χ2v) is 20.5. The normalized spacial score (nSPS) is 17.8. The van der Waals surface area contributed by atoms with Gasteiger partial charge in [0.25, 0.3) is 0 Å². The Balaban J connectivity index is 0.839. The molecule has 4 amide bonds. The molecule has 2 aliphatic heterocycles. The fourth-order valence-corrected chi connectivity index (χ4v) is 10.2. The number of benzene rings is 2. The fourth-order valence-electron chi connectivity index (χ4n) is 8.18. The molecule has 3 aromatic heterocycles. The lowest BCUT2D eigenvalue weighted by Crippen LogP contribution is -2.58. The largest absolute Gasteiger partial charge is 0.391 e. The number of rotatable bonds is 18. The van der Waals surface area contributed by atoms with Crippen molar-refractivity contribution < 1.29 is 33.8 Å². The van der Waals surface area contributed by atoms with Crippen LogP contribution in [0.5, 0.6) is 0 Å². The number of nitrogens with zero attached hydrogens (tertiary/aromatic N) is 6. The number of hydrogen-bond donors (Lipinski definition) is 4. The van der Waals surface area contributed by atoms with Gasteiger partial charge in [-0.05, 0) is 68.4 Å². The van der Waals surface area contributed by atoms with Crippen LogP contribution in [0.1, 0.15) is 97.8 Å². The van der Waals surface area contributed by atoms with Crippen molar-refractivity contribution in [1.29, 1.82) is 0 Å². The Morgan fingerprint density at radius 2 is 1.66 bits per heavy atom. The smallest absolute Gasteiger partial charge is 0.246 e. The van der Waals surface area contributed by atoms with Crippen molar-refractivity contribution in [3.63, 3.8) is 0 Å². The van der Waals surface area contributed by atoms with Crippen molar-refractivity contribution in [3.05, 3.63) is 104 Å². The molecule has 5 heterocycles. The topological polar surface area (TPSA) is 202 Å². The highest BCUT2D eigenvalue weighted by molar-refractivity contribution is 7.15. The Kier molecular flexibility index (Phi) is 16.1. The van der Waals surface area contributed by atoms with Gasteiger partial charge in [-0.1, -0.05) is 68.8 Å². The highest BCUT2D eigenvalue weighted by Gasteiger charge is 2.45. The van der Waals surface area contributed by atoms with E-state index in [4.69, 9.17) is 26.1 Å². The van der Waals surface area contributed by atoms with Crippen LogP contribution in [0.15, 0.2) is 65.2 Å². The number of aliphatic imine (C=N–C) groups is 1. The van der Waals surface area contributed by atoms with Gasteiger partial charge in [-0.25, -0.2) is 0 Å². The van der Waals surface area contributed by atoms with E-state index < -0.39 is 41.5 Å². The number of carbonyl (C=O) groups excluding carboxylic acids is 4. The molecule has 67 heavy (non-hydrogen) atoms. The Morgan fingerprint density at radius 1 is 0.940 bits per heavy atom. The van der Waals surface area contributed by atoms with Crippen LogP contribution in [-0.4, -0.2) is 117 Å². The zero-order valence-electron chi connectivity index (χ0n) is 38.8. The molecule has 0 radical (unpaired) electrons. The maximum absolute atomic E-state index is 14.0. The van der Waals surface area contributed by atoms with E-state index in [0.29, 0.717) is 29.7 Å². The summed E-state index contributed by atoms with van der Waals surface area (Å²) >= 11 is 9.43. The minimum Gasteiger partial charge on any atom is -0.391 e. The predicted octanol–water partition coefficient (Wildman–Crippen LogP) is 6.22. The van der Waals surface area contributed by atoms with Gasteiger partial charge >= 0.3 is 0 Å². The molecule has 19 heteroatoms. The van der Waals surface area contributed by atoms with Gasteiger partial charge in [0.1, 0.15) is 35.6 Å². The van der Waals surface area contributed by atoms with Gasteiger partial charge in [-0.15, -0.1) is 32.9 Å². The van der Waals surface area contributed by atoms with E-state index in [0.717, 1.165) is 48.3 Å². The molecule has 0 unspecified atom stereocenters. The maximum Gasteiger partial charge on any atom is 0.246 e. The third kappa shape index (κ3) is 11.8. The Labute approximate surface area is 403 Å². The lowest BCUT2D eigenvalue weighted by atomic mass is 9.85. The van der Waals surface area contributed by atoms with Gasteiger partial charge in [-0.2, -0.15) is 0 Å². The number of thiophene rings is 1. The molecule has 0 aliphatic carbocycles. The van der Waals surface area contributed by atoms with Crippen molar-refractivity contribution >= 4 is 63.6 Å². The number of nitrogens with one attached hydrogen (secondary N) is 3. The number of thiazole rings is 1. The average molecular weight is 973 g/mol. The molecule has 0 spiro atoms. The van der Waals surface area contributed by atoms with E-state index in [-0.39, 0.29) is 63.6 Å². The van der Waals surface area contributed by atoms with E-state index in [1.807, 2.05) is 87.7 Å². The van der Waals surface area contributed by atoms with Crippen LogP contribution >= 0.6 is 34.3 Å². The molecule has 5 aromatic rings. The molecule has 5 atom stereocenters. The van der Waals surface area contributed by atoms with Crippen LogP contribution in [0.4, 0.5) is 0 Å². The van der Waals surface area contributed by atoms with Crippen LogP contribution in [0.3, 0.4) is 0 Å².